The molecule has 0 fully saturated rings. The van der Waals surface area contributed by atoms with Crippen molar-refractivity contribution >= 4 is 5.69 Å². The van der Waals surface area contributed by atoms with E-state index in [4.69, 9.17) is 0 Å². The predicted molar refractivity (Wildman–Crippen MR) is 64.5 cm³/mol. The monoisotopic (exact) mass is 222 g/mol. The fraction of sp³-hybridized carbons (Fsp3) is 0.500. The molecule has 0 aliphatic heterocycles. The lowest BCUT2D eigenvalue weighted by Crippen LogP contribution is -2.21. The van der Waals surface area contributed by atoms with E-state index in [9.17, 15) is 10.1 Å². The molecule has 1 atom stereocenters. The number of nitro groups is 1. The number of rotatable bonds is 5. The van der Waals surface area contributed by atoms with Crippen LogP contribution < -0.4 is 0 Å². The Hall–Kier alpha value is -1.42. The average Bonchev–Trinajstić information content (AvgIpc) is 2.16. The fourth-order valence-corrected chi connectivity index (χ4v) is 1.89. The molecule has 0 spiro atoms. The van der Waals surface area contributed by atoms with Gasteiger partial charge < -0.3 is 4.90 Å². The van der Waals surface area contributed by atoms with Crippen molar-refractivity contribution in [3.63, 3.8) is 0 Å². The Labute approximate surface area is 96.0 Å². The van der Waals surface area contributed by atoms with Crippen molar-refractivity contribution < 1.29 is 4.92 Å². The summed E-state index contributed by atoms with van der Waals surface area (Å²) in [7, 11) is 4.06. The predicted octanol–water partition coefficient (Wildman–Crippen LogP) is 2.33. The van der Waals surface area contributed by atoms with Crippen molar-refractivity contribution in [3.05, 3.63) is 39.9 Å². The molecule has 1 rings (SSSR count). The summed E-state index contributed by atoms with van der Waals surface area (Å²) in [6.45, 7) is 3.14. The molecule has 0 radical (unpaired) electrons. The van der Waals surface area contributed by atoms with Gasteiger partial charge >= 0.3 is 0 Å². The van der Waals surface area contributed by atoms with Crippen molar-refractivity contribution in [3.8, 4) is 0 Å². The molecule has 0 bridgehead atoms. The zero-order valence-corrected chi connectivity index (χ0v) is 10.0. The first-order valence-electron chi connectivity index (χ1n) is 5.37. The highest BCUT2D eigenvalue weighted by molar-refractivity contribution is 5.34. The Morgan fingerprint density at radius 3 is 2.69 bits per heavy atom. The minimum absolute atomic E-state index is 0.176. The van der Waals surface area contributed by atoms with Crippen LogP contribution >= 0.6 is 0 Å². The first-order valence-corrected chi connectivity index (χ1v) is 5.37. The number of nitro benzene ring substituents is 1. The van der Waals surface area contributed by atoms with Gasteiger partial charge in [-0.25, -0.2) is 0 Å². The molecule has 88 valence electrons. The van der Waals surface area contributed by atoms with Gasteiger partial charge in [0.15, 0.2) is 0 Å². The Bertz CT molecular complexity index is 364. The molecule has 1 aromatic rings. The van der Waals surface area contributed by atoms with E-state index in [0.29, 0.717) is 5.92 Å². The molecular weight excluding hydrogens is 204 g/mol. The van der Waals surface area contributed by atoms with Gasteiger partial charge in [0.25, 0.3) is 5.69 Å². The lowest BCUT2D eigenvalue weighted by molar-refractivity contribution is -0.384. The molecule has 0 aromatic heterocycles. The average molecular weight is 222 g/mol. The van der Waals surface area contributed by atoms with E-state index < -0.39 is 0 Å². The van der Waals surface area contributed by atoms with Crippen LogP contribution in [0, 0.1) is 16.0 Å². The minimum atomic E-state index is -0.347. The summed E-state index contributed by atoms with van der Waals surface area (Å²) in [5.41, 5.74) is 1.21. The SMILES string of the molecule is C[C@@H](Cc1cccc([N+](=O)[O-])c1)CN(C)C. The first kappa shape index (κ1) is 12.6. The van der Waals surface area contributed by atoms with E-state index >= 15 is 0 Å². The van der Waals surface area contributed by atoms with Gasteiger partial charge in [-0.2, -0.15) is 0 Å². The lowest BCUT2D eigenvalue weighted by Gasteiger charge is -2.16. The number of hydrogen-bond donors (Lipinski definition) is 0. The minimum Gasteiger partial charge on any atom is -0.309 e. The number of hydrogen-bond acceptors (Lipinski definition) is 3. The van der Waals surface area contributed by atoms with Gasteiger partial charge in [0.1, 0.15) is 0 Å². The molecule has 16 heavy (non-hydrogen) atoms. The third-order valence-electron chi connectivity index (χ3n) is 2.38. The van der Waals surface area contributed by atoms with E-state index in [2.05, 4.69) is 11.8 Å². The zero-order chi connectivity index (χ0) is 12.1. The number of benzene rings is 1. The maximum absolute atomic E-state index is 10.6. The smallest absolute Gasteiger partial charge is 0.269 e. The van der Waals surface area contributed by atoms with Gasteiger partial charge in [-0.1, -0.05) is 19.1 Å². The molecule has 0 N–H and O–H groups in total. The van der Waals surface area contributed by atoms with Crippen LogP contribution in [0.5, 0.6) is 0 Å². The van der Waals surface area contributed by atoms with Crippen LogP contribution in [0.25, 0.3) is 0 Å². The third-order valence-corrected chi connectivity index (χ3v) is 2.38. The topological polar surface area (TPSA) is 46.4 Å². The van der Waals surface area contributed by atoms with Crippen LogP contribution in [0.15, 0.2) is 24.3 Å². The molecule has 0 amide bonds. The van der Waals surface area contributed by atoms with E-state index in [1.807, 2.05) is 20.2 Å². The van der Waals surface area contributed by atoms with Gasteiger partial charge in [-0.3, -0.25) is 10.1 Å². The van der Waals surface area contributed by atoms with Crippen LogP contribution in [0.4, 0.5) is 5.69 Å². The van der Waals surface area contributed by atoms with Crippen molar-refractivity contribution in [1.82, 2.24) is 4.90 Å². The van der Waals surface area contributed by atoms with E-state index in [1.165, 1.54) is 6.07 Å². The highest BCUT2D eigenvalue weighted by atomic mass is 16.6. The quantitative estimate of drug-likeness (QED) is 0.567. The van der Waals surface area contributed by atoms with Gasteiger partial charge in [0.05, 0.1) is 4.92 Å². The molecular formula is C12H18N2O2. The highest BCUT2D eigenvalue weighted by Gasteiger charge is 2.09. The molecule has 0 aliphatic rings. The second-order valence-corrected chi connectivity index (χ2v) is 4.50. The van der Waals surface area contributed by atoms with Gasteiger partial charge in [0.2, 0.25) is 0 Å². The third kappa shape index (κ3) is 3.98. The maximum atomic E-state index is 10.6. The summed E-state index contributed by atoms with van der Waals surface area (Å²) in [6.07, 6.45) is 0.875. The number of non-ortho nitro benzene ring substituents is 1. The summed E-state index contributed by atoms with van der Waals surface area (Å²) < 4.78 is 0. The zero-order valence-electron chi connectivity index (χ0n) is 10.0. The standard InChI is InChI=1S/C12H18N2O2/c1-10(9-13(2)3)7-11-5-4-6-12(8-11)14(15)16/h4-6,8,10H,7,9H2,1-3H3/t10-/m0/s1. The molecule has 0 unspecified atom stereocenters. The molecule has 0 saturated carbocycles. The molecule has 1 aromatic carbocycles. The fourth-order valence-electron chi connectivity index (χ4n) is 1.89. The number of nitrogens with zero attached hydrogens (tertiary/aromatic N) is 2. The van der Waals surface area contributed by atoms with E-state index in [1.54, 1.807) is 12.1 Å². The molecule has 0 saturated heterocycles. The highest BCUT2D eigenvalue weighted by Crippen LogP contribution is 2.16. The largest absolute Gasteiger partial charge is 0.309 e. The van der Waals surface area contributed by atoms with Crippen LogP contribution in [0.1, 0.15) is 12.5 Å². The summed E-state index contributed by atoms with van der Waals surface area (Å²) in [6, 6.07) is 6.88. The van der Waals surface area contributed by atoms with E-state index in [0.717, 1.165) is 18.5 Å². The molecule has 4 nitrogen and oxygen atoms in total. The van der Waals surface area contributed by atoms with Crippen molar-refractivity contribution in [2.45, 2.75) is 13.3 Å². The molecule has 0 heterocycles. The molecule has 0 aliphatic carbocycles. The van der Waals surface area contributed by atoms with Crippen molar-refractivity contribution in [2.24, 2.45) is 5.92 Å². The normalized spacial score (nSPS) is 12.8. The van der Waals surface area contributed by atoms with Crippen LogP contribution in [-0.2, 0) is 6.42 Å². The van der Waals surface area contributed by atoms with E-state index in [-0.39, 0.29) is 10.6 Å². The summed E-state index contributed by atoms with van der Waals surface area (Å²) >= 11 is 0. The van der Waals surface area contributed by atoms with Crippen LogP contribution in [0.3, 0.4) is 0 Å². The maximum Gasteiger partial charge on any atom is 0.269 e. The summed E-state index contributed by atoms with van der Waals surface area (Å²) in [5, 5.41) is 10.6. The van der Waals surface area contributed by atoms with Gasteiger partial charge in [0, 0.05) is 18.7 Å². The van der Waals surface area contributed by atoms with Crippen molar-refractivity contribution in [2.75, 3.05) is 20.6 Å². The Morgan fingerprint density at radius 1 is 1.44 bits per heavy atom. The summed E-state index contributed by atoms with van der Waals surface area (Å²) in [5.74, 6) is 0.497. The van der Waals surface area contributed by atoms with Crippen molar-refractivity contribution in [1.29, 1.82) is 0 Å². The second kappa shape index (κ2) is 5.61. The summed E-state index contributed by atoms with van der Waals surface area (Å²) in [4.78, 5) is 12.4. The lowest BCUT2D eigenvalue weighted by atomic mass is 10.0. The van der Waals surface area contributed by atoms with Crippen LogP contribution in [0.2, 0.25) is 0 Å². The van der Waals surface area contributed by atoms with Gasteiger partial charge in [-0.05, 0) is 32.0 Å². The Morgan fingerprint density at radius 2 is 2.12 bits per heavy atom. The second-order valence-electron chi connectivity index (χ2n) is 4.50. The van der Waals surface area contributed by atoms with Crippen LogP contribution in [-0.4, -0.2) is 30.5 Å². The Kier molecular flexibility index (Phi) is 4.43. The molecule has 4 heteroatoms. The van der Waals surface area contributed by atoms with Gasteiger partial charge in [-0.15, -0.1) is 0 Å². The first-order chi connectivity index (χ1) is 7.49. The Balaban J connectivity index is 2.66.